The van der Waals surface area contributed by atoms with E-state index < -0.39 is 0 Å². The van der Waals surface area contributed by atoms with Gasteiger partial charge < -0.3 is 5.73 Å². The molecule has 3 fully saturated rings. The number of hydrogen-bond acceptors (Lipinski definition) is 1. The van der Waals surface area contributed by atoms with Crippen molar-refractivity contribution in [3.63, 3.8) is 0 Å². The highest BCUT2D eigenvalue weighted by Gasteiger charge is 2.40. The molecule has 0 aromatic rings. The second-order valence-corrected chi connectivity index (χ2v) is 6.38. The topological polar surface area (TPSA) is 26.0 Å². The molecule has 4 atom stereocenters. The van der Waals surface area contributed by atoms with Gasteiger partial charge in [0.1, 0.15) is 0 Å². The van der Waals surface area contributed by atoms with Crippen LogP contribution in [0.3, 0.4) is 0 Å². The zero-order valence-corrected chi connectivity index (χ0v) is 9.83. The molecule has 3 aliphatic rings. The van der Waals surface area contributed by atoms with E-state index in [4.69, 9.17) is 5.73 Å². The summed E-state index contributed by atoms with van der Waals surface area (Å²) >= 11 is 0. The molecule has 1 nitrogen and oxygen atoms in total. The average Bonchev–Trinajstić information content (AvgIpc) is 2.95. The maximum Gasteiger partial charge on any atom is 0.00699 e. The van der Waals surface area contributed by atoms with Gasteiger partial charge in [0.2, 0.25) is 0 Å². The van der Waals surface area contributed by atoms with Gasteiger partial charge in [0.05, 0.1) is 0 Å². The van der Waals surface area contributed by atoms with Crippen LogP contribution in [0.2, 0.25) is 0 Å². The number of fused-ring (bicyclic) bond motifs is 2. The molecule has 4 unspecified atom stereocenters. The molecular weight excluding hydrogens is 182 g/mol. The zero-order valence-electron chi connectivity index (χ0n) is 9.83. The van der Waals surface area contributed by atoms with E-state index in [1.165, 1.54) is 51.4 Å². The Morgan fingerprint density at radius 3 is 2.40 bits per heavy atom. The number of hydrogen-bond donors (Lipinski definition) is 1. The fourth-order valence-corrected chi connectivity index (χ4v) is 4.59. The second-order valence-electron chi connectivity index (χ2n) is 6.38. The van der Waals surface area contributed by atoms with Gasteiger partial charge in [-0.25, -0.2) is 0 Å². The van der Waals surface area contributed by atoms with Gasteiger partial charge in [0.25, 0.3) is 0 Å². The van der Waals surface area contributed by atoms with Gasteiger partial charge in [-0.05, 0) is 62.2 Å². The largest absolute Gasteiger partial charge is 0.327 e. The maximum absolute atomic E-state index is 6.39. The van der Waals surface area contributed by atoms with E-state index in [9.17, 15) is 0 Å². The van der Waals surface area contributed by atoms with Crippen LogP contribution in [0.25, 0.3) is 0 Å². The molecule has 15 heavy (non-hydrogen) atoms. The van der Waals surface area contributed by atoms with Crippen LogP contribution >= 0.6 is 0 Å². The summed E-state index contributed by atoms with van der Waals surface area (Å²) in [5, 5.41) is 0. The Labute approximate surface area is 93.8 Å². The molecule has 0 aromatic carbocycles. The Kier molecular flexibility index (Phi) is 2.76. The predicted octanol–water partition coefficient (Wildman–Crippen LogP) is 3.33. The average molecular weight is 207 g/mol. The van der Waals surface area contributed by atoms with E-state index in [0.29, 0.717) is 6.04 Å². The lowest BCUT2D eigenvalue weighted by atomic mass is 9.81. The highest BCUT2D eigenvalue weighted by Crippen LogP contribution is 2.50. The van der Waals surface area contributed by atoms with Crippen LogP contribution in [0.5, 0.6) is 0 Å². The first-order chi connectivity index (χ1) is 7.33. The Morgan fingerprint density at radius 2 is 1.80 bits per heavy atom. The molecule has 0 heterocycles. The lowest BCUT2D eigenvalue weighted by Crippen LogP contribution is -2.32. The van der Waals surface area contributed by atoms with Crippen molar-refractivity contribution >= 4 is 0 Å². The fraction of sp³-hybridized carbons (Fsp3) is 1.00. The van der Waals surface area contributed by atoms with Crippen molar-refractivity contribution < 1.29 is 0 Å². The molecule has 86 valence electrons. The first-order valence-corrected chi connectivity index (χ1v) is 7.08. The van der Waals surface area contributed by atoms with E-state index in [-0.39, 0.29) is 0 Å². The zero-order chi connectivity index (χ0) is 10.3. The van der Waals surface area contributed by atoms with Crippen molar-refractivity contribution in [1.29, 1.82) is 0 Å². The van der Waals surface area contributed by atoms with Crippen molar-refractivity contribution in [2.75, 3.05) is 0 Å². The third kappa shape index (κ3) is 1.95. The first kappa shape index (κ1) is 10.1. The molecule has 0 saturated heterocycles. The summed E-state index contributed by atoms with van der Waals surface area (Å²) in [6.07, 6.45) is 13.2. The van der Waals surface area contributed by atoms with Crippen molar-refractivity contribution in [3.8, 4) is 0 Å². The van der Waals surface area contributed by atoms with Crippen LogP contribution in [0.4, 0.5) is 0 Å². The molecule has 0 aromatic heterocycles. The fourth-order valence-electron chi connectivity index (χ4n) is 4.59. The van der Waals surface area contributed by atoms with Crippen LogP contribution in [0.15, 0.2) is 0 Å². The summed E-state index contributed by atoms with van der Waals surface area (Å²) < 4.78 is 0. The molecule has 0 spiro atoms. The molecule has 0 radical (unpaired) electrons. The first-order valence-electron chi connectivity index (χ1n) is 7.08. The van der Waals surface area contributed by atoms with Crippen molar-refractivity contribution in [2.45, 2.75) is 63.8 Å². The number of nitrogens with two attached hydrogens (primary N) is 1. The summed E-state index contributed by atoms with van der Waals surface area (Å²) in [7, 11) is 0. The standard InChI is InChI=1S/C14H25N/c15-14(11-3-1-2-4-11)9-13-8-10-5-6-12(13)7-10/h10-14H,1-9,15H2. The molecular formula is C14H25N. The molecule has 2 N–H and O–H groups in total. The smallest absolute Gasteiger partial charge is 0.00699 e. The van der Waals surface area contributed by atoms with Crippen LogP contribution in [0.1, 0.15) is 57.8 Å². The minimum absolute atomic E-state index is 0.539. The molecule has 0 amide bonds. The Hall–Kier alpha value is -0.0400. The lowest BCUT2D eigenvalue weighted by Gasteiger charge is -2.27. The lowest BCUT2D eigenvalue weighted by molar-refractivity contribution is 0.263. The second kappa shape index (κ2) is 4.08. The Balaban J connectivity index is 1.52. The van der Waals surface area contributed by atoms with E-state index in [0.717, 1.165) is 23.7 Å². The summed E-state index contributed by atoms with van der Waals surface area (Å²) in [6, 6.07) is 0.539. The van der Waals surface area contributed by atoms with Gasteiger partial charge in [-0.2, -0.15) is 0 Å². The van der Waals surface area contributed by atoms with Crippen LogP contribution < -0.4 is 5.73 Å². The Morgan fingerprint density at radius 1 is 1.00 bits per heavy atom. The maximum atomic E-state index is 6.39. The van der Waals surface area contributed by atoms with E-state index >= 15 is 0 Å². The van der Waals surface area contributed by atoms with E-state index in [1.807, 2.05) is 0 Å². The van der Waals surface area contributed by atoms with E-state index in [1.54, 1.807) is 6.42 Å². The van der Waals surface area contributed by atoms with Crippen molar-refractivity contribution in [1.82, 2.24) is 0 Å². The van der Waals surface area contributed by atoms with Gasteiger partial charge in [-0.15, -0.1) is 0 Å². The van der Waals surface area contributed by atoms with Gasteiger partial charge in [0, 0.05) is 6.04 Å². The Bertz CT molecular complexity index is 219. The van der Waals surface area contributed by atoms with E-state index in [2.05, 4.69) is 0 Å². The van der Waals surface area contributed by atoms with Crippen molar-refractivity contribution in [2.24, 2.45) is 29.4 Å². The highest BCUT2D eigenvalue weighted by atomic mass is 14.7. The molecule has 3 aliphatic carbocycles. The minimum Gasteiger partial charge on any atom is -0.327 e. The summed E-state index contributed by atoms with van der Waals surface area (Å²) in [5.74, 6) is 4.06. The van der Waals surface area contributed by atoms with Crippen molar-refractivity contribution in [3.05, 3.63) is 0 Å². The van der Waals surface area contributed by atoms with Crippen LogP contribution in [0, 0.1) is 23.7 Å². The summed E-state index contributed by atoms with van der Waals surface area (Å²) in [5.41, 5.74) is 6.39. The third-order valence-electron chi connectivity index (χ3n) is 5.46. The molecule has 3 rings (SSSR count). The van der Waals surface area contributed by atoms with Gasteiger partial charge in [-0.3, -0.25) is 0 Å². The van der Waals surface area contributed by atoms with Crippen LogP contribution in [-0.2, 0) is 0 Å². The summed E-state index contributed by atoms with van der Waals surface area (Å²) in [6.45, 7) is 0. The SMILES string of the molecule is NC(CC1CC2CCC1C2)C1CCCC1. The highest BCUT2D eigenvalue weighted by molar-refractivity contribution is 4.92. The molecule has 2 bridgehead atoms. The number of rotatable bonds is 3. The van der Waals surface area contributed by atoms with Gasteiger partial charge >= 0.3 is 0 Å². The molecule has 0 aliphatic heterocycles. The quantitative estimate of drug-likeness (QED) is 0.754. The third-order valence-corrected chi connectivity index (χ3v) is 5.46. The monoisotopic (exact) mass is 207 g/mol. The molecule has 1 heteroatoms. The van der Waals surface area contributed by atoms with Gasteiger partial charge in [0.15, 0.2) is 0 Å². The van der Waals surface area contributed by atoms with Gasteiger partial charge in [-0.1, -0.05) is 19.3 Å². The summed E-state index contributed by atoms with van der Waals surface area (Å²) in [4.78, 5) is 0. The normalized spacial score (nSPS) is 42.6. The predicted molar refractivity (Wildman–Crippen MR) is 63.5 cm³/mol. The van der Waals surface area contributed by atoms with Crippen LogP contribution in [-0.4, -0.2) is 6.04 Å². The minimum atomic E-state index is 0.539. The molecule has 3 saturated carbocycles.